The lowest BCUT2D eigenvalue weighted by Crippen LogP contribution is -2.39. The van der Waals surface area contributed by atoms with Crippen molar-refractivity contribution in [1.82, 2.24) is 0 Å². The van der Waals surface area contributed by atoms with E-state index in [9.17, 15) is 37.5 Å². The van der Waals surface area contributed by atoms with Crippen LogP contribution in [0, 0.1) is 24.7 Å². The number of benzene rings is 2. The summed E-state index contributed by atoms with van der Waals surface area (Å²) >= 11 is 9.39. The molecule has 2 aromatic rings. The first-order valence-electron chi connectivity index (χ1n) is 12.9. The van der Waals surface area contributed by atoms with Crippen LogP contribution < -0.4 is 9.64 Å². The molecule has 2 amide bonds. The van der Waals surface area contributed by atoms with E-state index in [1.807, 2.05) is 0 Å². The number of alkyl halides is 3. The number of hydrogen-bond acceptors (Lipinski definition) is 6. The summed E-state index contributed by atoms with van der Waals surface area (Å²) in [6.07, 6.45) is -2.18. The van der Waals surface area contributed by atoms with Crippen LogP contribution in [0.15, 0.2) is 69.8 Å². The van der Waals surface area contributed by atoms with Gasteiger partial charge in [-0.05, 0) is 77.5 Å². The van der Waals surface area contributed by atoms with E-state index >= 15 is 0 Å². The van der Waals surface area contributed by atoms with E-state index in [0.717, 1.165) is 34.7 Å². The van der Waals surface area contributed by atoms with Gasteiger partial charge in [-0.2, -0.15) is 0 Å². The van der Waals surface area contributed by atoms with Crippen molar-refractivity contribution in [2.75, 3.05) is 4.90 Å². The number of aromatic hydroxyl groups is 1. The van der Waals surface area contributed by atoms with Crippen LogP contribution >= 0.6 is 27.5 Å². The van der Waals surface area contributed by atoms with E-state index < -0.39 is 64.9 Å². The van der Waals surface area contributed by atoms with E-state index in [2.05, 4.69) is 20.7 Å². The Hall–Kier alpha value is -3.70. The second kappa shape index (κ2) is 9.95. The third-order valence-corrected chi connectivity index (χ3v) is 9.28. The van der Waals surface area contributed by atoms with Crippen molar-refractivity contribution in [2.24, 2.45) is 17.8 Å². The molecule has 0 spiro atoms. The predicted octanol–water partition coefficient (Wildman–Crippen LogP) is 6.22. The topological polar surface area (TPSA) is 101 Å². The number of halogens is 5. The minimum atomic E-state index is -5.02. The average Bonchev–Trinajstić information content (AvgIpc) is 3.18. The monoisotopic (exact) mass is 661 g/mol. The number of allylic oxidation sites excluding steroid dienone is 6. The third kappa shape index (κ3) is 4.50. The molecule has 1 N–H and O–H groups in total. The maximum atomic E-state index is 13.9. The highest BCUT2D eigenvalue weighted by Crippen LogP contribution is 2.57. The Labute approximate surface area is 250 Å². The number of nitrogens with zero attached hydrogens (tertiary/aromatic N) is 1. The maximum Gasteiger partial charge on any atom is 0.573 e. The number of ether oxygens (including phenoxy) is 1. The van der Waals surface area contributed by atoms with E-state index in [0.29, 0.717) is 16.3 Å². The predicted molar refractivity (Wildman–Crippen MR) is 148 cm³/mol. The molecule has 1 aliphatic heterocycles. The molecular formula is C30H20BrClF3NO6. The van der Waals surface area contributed by atoms with Gasteiger partial charge < -0.3 is 9.84 Å². The lowest BCUT2D eigenvalue weighted by molar-refractivity contribution is -0.274. The van der Waals surface area contributed by atoms with E-state index in [-0.39, 0.29) is 34.0 Å². The van der Waals surface area contributed by atoms with Crippen LogP contribution in [-0.4, -0.2) is 34.8 Å². The normalized spacial score (nSPS) is 25.6. The van der Waals surface area contributed by atoms with Crippen LogP contribution in [0.2, 0.25) is 5.02 Å². The standard InChI is InChI=1S/C30H20BrClF3NO6/c1-12-2-3-13(8-21(12)32)36-28(40)16-6-5-15-17(25(16)29(36)41)10-19-26(23(38)11-20(31)27(19)39)24(15)18-9-14(4-7-22(18)37)42-30(33,34)35/h2-5,7-9,11,16-17,24-25,37H,6,10H2,1H3. The number of carbonyl (C=O) groups is 4. The molecule has 2 aromatic carbocycles. The second-order valence-corrected chi connectivity index (χ2v) is 11.9. The Bertz CT molecular complexity index is 1710. The highest BCUT2D eigenvalue weighted by Gasteiger charge is 2.57. The van der Waals surface area contributed by atoms with Gasteiger partial charge in [0.25, 0.3) is 0 Å². The largest absolute Gasteiger partial charge is 0.573 e. The average molecular weight is 663 g/mol. The van der Waals surface area contributed by atoms with Crippen molar-refractivity contribution < 1.29 is 42.2 Å². The molecule has 1 saturated heterocycles. The number of hydrogen-bond donors (Lipinski definition) is 1. The van der Waals surface area contributed by atoms with Gasteiger partial charge in [-0.3, -0.25) is 19.2 Å². The molecule has 7 nitrogen and oxygen atoms in total. The van der Waals surface area contributed by atoms with Gasteiger partial charge in [-0.1, -0.05) is 29.3 Å². The highest BCUT2D eigenvalue weighted by molar-refractivity contribution is 9.12. The van der Waals surface area contributed by atoms with Crippen LogP contribution in [0.4, 0.5) is 18.9 Å². The number of carbonyl (C=O) groups excluding carboxylic acids is 4. The molecule has 216 valence electrons. The lowest BCUT2D eigenvalue weighted by atomic mass is 9.59. The summed E-state index contributed by atoms with van der Waals surface area (Å²) in [7, 11) is 0. The molecule has 1 fully saturated rings. The fourth-order valence-corrected chi connectivity index (χ4v) is 7.12. The first-order valence-corrected chi connectivity index (χ1v) is 14.1. The number of fused-ring (bicyclic) bond motifs is 3. The van der Waals surface area contributed by atoms with Crippen LogP contribution in [0.1, 0.15) is 29.9 Å². The molecule has 0 saturated carbocycles. The third-order valence-electron chi connectivity index (χ3n) is 8.29. The number of phenolic OH excluding ortho intramolecular Hbond substituents is 1. The summed E-state index contributed by atoms with van der Waals surface area (Å²) < 4.78 is 43.2. The Kier molecular flexibility index (Phi) is 6.73. The fraction of sp³-hybridized carbons (Fsp3) is 0.267. The lowest BCUT2D eigenvalue weighted by Gasteiger charge is -2.42. The summed E-state index contributed by atoms with van der Waals surface area (Å²) in [6.45, 7) is 1.78. The molecule has 0 radical (unpaired) electrons. The molecular weight excluding hydrogens is 643 g/mol. The van der Waals surface area contributed by atoms with Crippen molar-refractivity contribution in [2.45, 2.75) is 32.0 Å². The molecule has 6 rings (SSSR count). The summed E-state index contributed by atoms with van der Waals surface area (Å²) in [5.41, 5.74) is 1.50. The molecule has 0 aromatic heterocycles. The van der Waals surface area contributed by atoms with Crippen molar-refractivity contribution in [1.29, 1.82) is 0 Å². The van der Waals surface area contributed by atoms with Crippen LogP contribution in [0.3, 0.4) is 0 Å². The Morgan fingerprint density at radius 2 is 1.79 bits per heavy atom. The Morgan fingerprint density at radius 1 is 1.05 bits per heavy atom. The van der Waals surface area contributed by atoms with Crippen molar-refractivity contribution in [3.8, 4) is 11.5 Å². The number of phenols is 1. The molecule has 4 unspecified atom stereocenters. The zero-order valence-electron chi connectivity index (χ0n) is 21.7. The van der Waals surface area contributed by atoms with E-state index in [1.165, 1.54) is 6.07 Å². The van der Waals surface area contributed by atoms with Gasteiger partial charge in [-0.25, -0.2) is 4.90 Å². The van der Waals surface area contributed by atoms with Crippen LogP contribution in [0.5, 0.6) is 11.5 Å². The smallest absolute Gasteiger partial charge is 0.508 e. The molecule has 3 aliphatic carbocycles. The maximum absolute atomic E-state index is 13.9. The molecule has 4 atom stereocenters. The zero-order chi connectivity index (χ0) is 30.2. The van der Waals surface area contributed by atoms with E-state index in [1.54, 1.807) is 25.1 Å². The number of rotatable bonds is 3. The number of Topliss-reactive ketones (excluding diaryl/α,β-unsaturated/α-hetero) is 1. The number of amides is 2. The number of imide groups is 1. The first kappa shape index (κ1) is 28.4. The zero-order valence-corrected chi connectivity index (χ0v) is 24.0. The number of anilines is 1. The summed E-state index contributed by atoms with van der Waals surface area (Å²) in [5.74, 6) is -6.68. The minimum absolute atomic E-state index is 0.00236. The van der Waals surface area contributed by atoms with Crippen LogP contribution in [0.25, 0.3) is 0 Å². The molecule has 12 heteroatoms. The van der Waals surface area contributed by atoms with Gasteiger partial charge in [0.15, 0.2) is 11.6 Å². The molecule has 0 bridgehead atoms. The summed E-state index contributed by atoms with van der Waals surface area (Å²) in [6, 6.07) is 7.75. The fourth-order valence-electron chi connectivity index (χ4n) is 6.50. The van der Waals surface area contributed by atoms with Gasteiger partial charge in [0.05, 0.1) is 22.0 Å². The number of ketones is 2. The minimum Gasteiger partial charge on any atom is -0.508 e. The van der Waals surface area contributed by atoms with Crippen molar-refractivity contribution in [3.63, 3.8) is 0 Å². The SMILES string of the molecule is Cc1ccc(N2C(=O)C3CC=C4C(c5cc(OC(F)(F)F)ccc5O)C5=C(CC4C3C2=O)C(=O)C(Br)=CC5=O)cc1Cl. The Balaban J connectivity index is 1.49. The quantitative estimate of drug-likeness (QED) is 0.238. The van der Waals surface area contributed by atoms with Crippen LogP contribution in [-0.2, 0) is 19.2 Å². The highest BCUT2D eigenvalue weighted by atomic mass is 79.9. The van der Waals surface area contributed by atoms with Gasteiger partial charge in [-0.15, -0.1) is 13.2 Å². The van der Waals surface area contributed by atoms with Crippen molar-refractivity contribution >= 4 is 56.6 Å². The van der Waals surface area contributed by atoms with Gasteiger partial charge >= 0.3 is 6.36 Å². The second-order valence-electron chi connectivity index (χ2n) is 10.6. The summed E-state index contributed by atoms with van der Waals surface area (Å²) in [5, 5.41) is 11.2. The van der Waals surface area contributed by atoms with Crippen molar-refractivity contribution in [3.05, 3.63) is 85.9 Å². The number of aryl methyl sites for hydroxylation is 1. The first-order chi connectivity index (χ1) is 19.8. The van der Waals surface area contributed by atoms with Gasteiger partial charge in [0.2, 0.25) is 11.8 Å². The molecule has 1 heterocycles. The van der Waals surface area contributed by atoms with Gasteiger partial charge in [0, 0.05) is 33.7 Å². The molecule has 42 heavy (non-hydrogen) atoms. The summed E-state index contributed by atoms with van der Waals surface area (Å²) in [4.78, 5) is 55.3. The van der Waals surface area contributed by atoms with Gasteiger partial charge in [0.1, 0.15) is 11.5 Å². The Morgan fingerprint density at radius 3 is 2.48 bits per heavy atom. The van der Waals surface area contributed by atoms with E-state index in [4.69, 9.17) is 11.6 Å². The molecule has 4 aliphatic rings.